The number of nitrogens with two attached hydrogens (primary N) is 1. The molecule has 1 heterocycles. The maximum atomic E-state index is 5.98. The van der Waals surface area contributed by atoms with Crippen LogP contribution in [0.1, 0.15) is 45.2 Å². The summed E-state index contributed by atoms with van der Waals surface area (Å²) in [5, 5.41) is 0. The van der Waals surface area contributed by atoms with E-state index in [0.717, 1.165) is 29.9 Å². The molecule has 4 heteroatoms. The first-order valence-electron chi connectivity index (χ1n) is 7.15. The normalized spacial score (nSPS) is 22.6. The van der Waals surface area contributed by atoms with Crippen molar-refractivity contribution in [2.24, 2.45) is 5.73 Å². The summed E-state index contributed by atoms with van der Waals surface area (Å²) in [7, 11) is 1.65. The molecule has 1 aliphatic rings. The smallest absolute Gasteiger partial charge is 0.127 e. The van der Waals surface area contributed by atoms with E-state index in [1.807, 2.05) is 25.1 Å². The Kier molecular flexibility index (Phi) is 4.55. The van der Waals surface area contributed by atoms with Crippen molar-refractivity contribution in [3.8, 4) is 11.5 Å². The van der Waals surface area contributed by atoms with Gasteiger partial charge in [0.2, 0.25) is 0 Å². The van der Waals surface area contributed by atoms with Gasteiger partial charge in [-0.1, -0.05) is 6.07 Å². The molecule has 2 N–H and O–H groups in total. The third-order valence-corrected chi connectivity index (χ3v) is 3.69. The Bertz CT molecular complexity index is 457. The summed E-state index contributed by atoms with van der Waals surface area (Å²) in [4.78, 5) is 0. The molecule has 1 saturated heterocycles. The topological polar surface area (TPSA) is 53.7 Å². The molecule has 1 aromatic carbocycles. The van der Waals surface area contributed by atoms with Gasteiger partial charge in [0.15, 0.2) is 0 Å². The molecule has 112 valence electrons. The first-order chi connectivity index (χ1) is 9.41. The predicted molar refractivity (Wildman–Crippen MR) is 79.3 cm³/mol. The zero-order chi connectivity index (χ0) is 14.8. The molecule has 0 saturated carbocycles. The standard InChI is InChI=1S/C16H25NO3/c1-11(17)14-6-5-12(18-4)9-15(14)19-10-13-7-8-16(2,3)20-13/h5-6,9,11,13H,7-8,10,17H2,1-4H3/t11-,13?/m0/s1. The van der Waals surface area contributed by atoms with Crippen LogP contribution in [0, 0.1) is 0 Å². The van der Waals surface area contributed by atoms with E-state index in [1.165, 1.54) is 0 Å². The highest BCUT2D eigenvalue weighted by Crippen LogP contribution is 2.32. The lowest BCUT2D eigenvalue weighted by atomic mass is 10.1. The van der Waals surface area contributed by atoms with E-state index in [9.17, 15) is 0 Å². The second kappa shape index (κ2) is 6.02. The van der Waals surface area contributed by atoms with Crippen molar-refractivity contribution in [1.82, 2.24) is 0 Å². The van der Waals surface area contributed by atoms with E-state index in [4.69, 9.17) is 19.9 Å². The van der Waals surface area contributed by atoms with E-state index in [0.29, 0.717) is 6.61 Å². The van der Waals surface area contributed by atoms with Crippen molar-refractivity contribution >= 4 is 0 Å². The summed E-state index contributed by atoms with van der Waals surface area (Å²) >= 11 is 0. The molecule has 4 nitrogen and oxygen atoms in total. The number of hydrogen-bond donors (Lipinski definition) is 1. The van der Waals surface area contributed by atoms with Crippen LogP contribution in [-0.4, -0.2) is 25.4 Å². The molecule has 20 heavy (non-hydrogen) atoms. The van der Waals surface area contributed by atoms with Gasteiger partial charge in [-0.05, 0) is 39.7 Å². The lowest BCUT2D eigenvalue weighted by Gasteiger charge is -2.21. The lowest BCUT2D eigenvalue weighted by Crippen LogP contribution is -2.24. The lowest BCUT2D eigenvalue weighted by molar-refractivity contribution is -0.0328. The van der Waals surface area contributed by atoms with Crippen molar-refractivity contribution in [2.45, 2.75) is 51.4 Å². The number of rotatable bonds is 5. The van der Waals surface area contributed by atoms with Gasteiger partial charge in [-0.15, -0.1) is 0 Å². The molecule has 2 atom stereocenters. The molecular formula is C16H25NO3. The minimum Gasteiger partial charge on any atom is -0.497 e. The van der Waals surface area contributed by atoms with E-state index >= 15 is 0 Å². The van der Waals surface area contributed by atoms with Gasteiger partial charge in [0.05, 0.1) is 18.8 Å². The quantitative estimate of drug-likeness (QED) is 0.900. The van der Waals surface area contributed by atoms with Crippen LogP contribution in [0.15, 0.2) is 18.2 Å². The van der Waals surface area contributed by atoms with Gasteiger partial charge >= 0.3 is 0 Å². The van der Waals surface area contributed by atoms with Gasteiger partial charge in [0.1, 0.15) is 18.1 Å². The van der Waals surface area contributed by atoms with Gasteiger partial charge in [-0.25, -0.2) is 0 Å². The fourth-order valence-corrected chi connectivity index (χ4v) is 2.52. The monoisotopic (exact) mass is 279 g/mol. The van der Waals surface area contributed by atoms with Crippen LogP contribution in [0.25, 0.3) is 0 Å². The SMILES string of the molecule is COc1ccc([C@H](C)N)c(OCC2CCC(C)(C)O2)c1. The van der Waals surface area contributed by atoms with E-state index in [2.05, 4.69) is 13.8 Å². The second-order valence-corrected chi connectivity index (χ2v) is 6.04. The van der Waals surface area contributed by atoms with Gasteiger partial charge in [0.25, 0.3) is 0 Å². The van der Waals surface area contributed by atoms with Crippen molar-refractivity contribution in [3.05, 3.63) is 23.8 Å². The van der Waals surface area contributed by atoms with E-state index < -0.39 is 0 Å². The summed E-state index contributed by atoms with van der Waals surface area (Å²) in [6, 6.07) is 5.68. The van der Waals surface area contributed by atoms with Crippen LogP contribution in [0.4, 0.5) is 0 Å². The van der Waals surface area contributed by atoms with Crippen LogP contribution in [0.2, 0.25) is 0 Å². The zero-order valence-corrected chi connectivity index (χ0v) is 12.8. The number of hydrogen-bond acceptors (Lipinski definition) is 4. The molecule has 0 aliphatic carbocycles. The summed E-state index contributed by atoms with van der Waals surface area (Å²) in [5.41, 5.74) is 6.93. The maximum absolute atomic E-state index is 5.98. The highest BCUT2D eigenvalue weighted by Gasteiger charge is 2.32. The third kappa shape index (κ3) is 3.64. The number of methoxy groups -OCH3 is 1. The van der Waals surface area contributed by atoms with Crippen LogP contribution in [0.3, 0.4) is 0 Å². The Balaban J connectivity index is 2.04. The fourth-order valence-electron chi connectivity index (χ4n) is 2.52. The average molecular weight is 279 g/mol. The fraction of sp³-hybridized carbons (Fsp3) is 0.625. The number of ether oxygens (including phenoxy) is 3. The Morgan fingerprint density at radius 2 is 2.20 bits per heavy atom. The molecule has 0 radical (unpaired) electrons. The first-order valence-corrected chi connectivity index (χ1v) is 7.15. The van der Waals surface area contributed by atoms with Gasteiger partial charge in [-0.3, -0.25) is 0 Å². The van der Waals surface area contributed by atoms with Gasteiger partial charge < -0.3 is 19.9 Å². The van der Waals surface area contributed by atoms with Crippen molar-refractivity contribution in [2.75, 3.05) is 13.7 Å². The first kappa shape index (κ1) is 15.1. The van der Waals surface area contributed by atoms with E-state index in [-0.39, 0.29) is 17.7 Å². The molecule has 0 bridgehead atoms. The Morgan fingerprint density at radius 3 is 2.75 bits per heavy atom. The van der Waals surface area contributed by atoms with Crippen molar-refractivity contribution in [1.29, 1.82) is 0 Å². The molecule has 1 aliphatic heterocycles. The molecule has 0 aromatic heterocycles. The van der Waals surface area contributed by atoms with Crippen molar-refractivity contribution in [3.63, 3.8) is 0 Å². The maximum Gasteiger partial charge on any atom is 0.127 e. The summed E-state index contributed by atoms with van der Waals surface area (Å²) < 4.78 is 17.1. The molecular weight excluding hydrogens is 254 g/mol. The minimum absolute atomic E-state index is 0.0353. The Hall–Kier alpha value is -1.26. The molecule has 0 spiro atoms. The molecule has 1 fully saturated rings. The average Bonchev–Trinajstić information content (AvgIpc) is 2.75. The van der Waals surface area contributed by atoms with Crippen LogP contribution in [-0.2, 0) is 4.74 Å². The highest BCUT2D eigenvalue weighted by molar-refractivity contribution is 5.42. The van der Waals surface area contributed by atoms with Crippen LogP contribution in [0.5, 0.6) is 11.5 Å². The zero-order valence-electron chi connectivity index (χ0n) is 12.8. The summed E-state index contributed by atoms with van der Waals surface area (Å²) in [5.74, 6) is 1.56. The largest absolute Gasteiger partial charge is 0.497 e. The van der Waals surface area contributed by atoms with Crippen LogP contribution < -0.4 is 15.2 Å². The summed E-state index contributed by atoms with van der Waals surface area (Å²) in [6.45, 7) is 6.73. The molecule has 2 rings (SSSR count). The summed E-state index contributed by atoms with van der Waals surface area (Å²) in [6.07, 6.45) is 2.25. The molecule has 0 amide bonds. The Labute approximate surface area is 121 Å². The van der Waals surface area contributed by atoms with Gasteiger partial charge in [0, 0.05) is 17.7 Å². The van der Waals surface area contributed by atoms with Crippen LogP contribution >= 0.6 is 0 Å². The highest BCUT2D eigenvalue weighted by atomic mass is 16.6. The third-order valence-electron chi connectivity index (χ3n) is 3.69. The molecule has 1 aromatic rings. The van der Waals surface area contributed by atoms with Crippen molar-refractivity contribution < 1.29 is 14.2 Å². The minimum atomic E-state index is -0.0724. The predicted octanol–water partition coefficient (Wildman–Crippen LogP) is 3.05. The second-order valence-electron chi connectivity index (χ2n) is 6.04. The van der Waals surface area contributed by atoms with Gasteiger partial charge in [-0.2, -0.15) is 0 Å². The molecule has 1 unspecified atom stereocenters. The van der Waals surface area contributed by atoms with E-state index in [1.54, 1.807) is 7.11 Å². The number of benzene rings is 1. The Morgan fingerprint density at radius 1 is 1.45 bits per heavy atom.